The number of nitrogens with one attached hydrogen (secondary N) is 1. The van der Waals surface area contributed by atoms with Crippen LogP contribution in [0.1, 0.15) is 27.0 Å². The quantitative estimate of drug-likeness (QED) is 0.129. The smallest absolute Gasteiger partial charge is 0.251 e. The second-order valence-corrected chi connectivity index (χ2v) is 11.2. The largest absolute Gasteiger partial charge is 0.454 e. The van der Waals surface area contributed by atoms with Crippen LogP contribution in [-0.2, 0) is 18.8 Å². The molecule has 1 amide bonds. The number of fused-ring (bicyclic) bond motifs is 1. The van der Waals surface area contributed by atoms with Gasteiger partial charge in [0.25, 0.3) is 5.91 Å². The van der Waals surface area contributed by atoms with Crippen molar-refractivity contribution in [2.24, 2.45) is 0 Å². The van der Waals surface area contributed by atoms with E-state index in [-0.39, 0.29) is 12.7 Å². The Morgan fingerprint density at radius 3 is 2.54 bits per heavy atom. The maximum Gasteiger partial charge on any atom is 0.251 e. The van der Waals surface area contributed by atoms with E-state index >= 15 is 0 Å². The number of likely N-dealkylation sites (N-methyl/N-ethyl adjacent to an activating group) is 1. The van der Waals surface area contributed by atoms with Gasteiger partial charge in [0, 0.05) is 43.6 Å². The van der Waals surface area contributed by atoms with E-state index in [1.807, 2.05) is 66.7 Å². The molecule has 1 N–H and O–H groups in total. The number of rotatable bonds is 12. The number of halogens is 1. The Morgan fingerprint density at radius 2 is 1.71 bits per heavy atom. The van der Waals surface area contributed by atoms with Gasteiger partial charge in [0.1, 0.15) is 11.0 Å². The minimum absolute atomic E-state index is 0.145. The summed E-state index contributed by atoms with van der Waals surface area (Å²) in [4.78, 5) is 26.6. The van der Waals surface area contributed by atoms with Gasteiger partial charge in [-0.15, -0.1) is 0 Å². The van der Waals surface area contributed by atoms with E-state index in [9.17, 15) is 4.79 Å². The van der Waals surface area contributed by atoms with Crippen LogP contribution in [-0.4, -0.2) is 54.8 Å². The van der Waals surface area contributed by atoms with Crippen LogP contribution in [0.2, 0.25) is 5.15 Å². The molecule has 0 spiro atoms. The Hall–Kier alpha value is -3.79. The second-order valence-electron chi connectivity index (χ2n) is 9.90. The molecule has 0 fully saturated rings. The van der Waals surface area contributed by atoms with Gasteiger partial charge in [-0.25, -0.2) is 9.97 Å². The van der Waals surface area contributed by atoms with Crippen LogP contribution in [0.15, 0.2) is 84.0 Å². The van der Waals surface area contributed by atoms with E-state index in [2.05, 4.69) is 46.3 Å². The van der Waals surface area contributed by atoms with Crippen molar-refractivity contribution in [3.05, 3.63) is 106 Å². The van der Waals surface area contributed by atoms with Gasteiger partial charge in [-0.2, -0.15) is 0 Å². The van der Waals surface area contributed by atoms with Crippen LogP contribution < -0.4 is 19.7 Å². The van der Waals surface area contributed by atoms with Crippen molar-refractivity contribution in [3.8, 4) is 11.5 Å². The number of carbonyl (C=O) groups excluding carboxylic acids is 1. The van der Waals surface area contributed by atoms with Crippen molar-refractivity contribution in [2.45, 2.75) is 24.0 Å². The monoisotopic (exact) mass is 589 g/mol. The molecule has 0 aliphatic carbocycles. The first-order valence-electron chi connectivity index (χ1n) is 13.3. The number of aromatic nitrogens is 2. The number of nitrogens with zero attached hydrogens (tertiary/aromatic N) is 4. The van der Waals surface area contributed by atoms with Crippen LogP contribution in [0.25, 0.3) is 0 Å². The molecule has 0 saturated heterocycles. The van der Waals surface area contributed by atoms with Crippen molar-refractivity contribution >= 4 is 35.1 Å². The number of hydrogen-bond donors (Lipinski definition) is 1. The molecule has 0 unspecified atom stereocenters. The minimum atomic E-state index is -0.145. The third kappa shape index (κ3) is 8.13. The van der Waals surface area contributed by atoms with Gasteiger partial charge >= 0.3 is 0 Å². The molecule has 2 heterocycles. The lowest BCUT2D eigenvalue weighted by Crippen LogP contribution is -2.32. The van der Waals surface area contributed by atoms with Crippen molar-refractivity contribution in [2.75, 3.05) is 38.9 Å². The fraction of sp³-hybridized carbons (Fsp3) is 0.258. The SMILES string of the molecule is CN(C)CCN(Cc1ccccc1)c1cc(Cl)nc(SCc2cccc(C(=O)NCc3ccc4c(c3)OCO4)c2)n1. The fourth-order valence-corrected chi connectivity index (χ4v) is 5.32. The van der Waals surface area contributed by atoms with E-state index in [0.717, 1.165) is 42.3 Å². The number of anilines is 1. The topological polar surface area (TPSA) is 79.8 Å². The molecule has 8 nitrogen and oxygen atoms in total. The number of benzene rings is 3. The average molecular weight is 590 g/mol. The number of amides is 1. The van der Waals surface area contributed by atoms with Gasteiger partial charge in [0.2, 0.25) is 6.79 Å². The van der Waals surface area contributed by atoms with E-state index in [0.29, 0.717) is 33.9 Å². The van der Waals surface area contributed by atoms with E-state index in [1.54, 1.807) is 0 Å². The highest BCUT2D eigenvalue weighted by Crippen LogP contribution is 2.32. The number of thioether (sulfide) groups is 1. The Balaban J connectivity index is 1.23. The van der Waals surface area contributed by atoms with Crippen LogP contribution in [0, 0.1) is 0 Å². The van der Waals surface area contributed by atoms with Crippen molar-refractivity contribution < 1.29 is 14.3 Å². The molecule has 41 heavy (non-hydrogen) atoms. The lowest BCUT2D eigenvalue weighted by Gasteiger charge is -2.26. The predicted octanol–water partition coefficient (Wildman–Crippen LogP) is 5.65. The summed E-state index contributed by atoms with van der Waals surface area (Å²) < 4.78 is 10.8. The van der Waals surface area contributed by atoms with Gasteiger partial charge in [-0.05, 0) is 55.1 Å². The number of ether oxygens (including phenoxy) is 2. The van der Waals surface area contributed by atoms with E-state index in [1.165, 1.54) is 17.3 Å². The molecule has 1 aliphatic heterocycles. The maximum atomic E-state index is 12.9. The Labute approximate surface area is 249 Å². The van der Waals surface area contributed by atoms with Gasteiger partial charge in [-0.3, -0.25) is 4.79 Å². The van der Waals surface area contributed by atoms with Crippen LogP contribution in [0.5, 0.6) is 11.5 Å². The number of hydrogen-bond acceptors (Lipinski definition) is 8. The van der Waals surface area contributed by atoms with Crippen LogP contribution in [0.3, 0.4) is 0 Å². The summed E-state index contributed by atoms with van der Waals surface area (Å²) >= 11 is 7.95. The first-order valence-corrected chi connectivity index (χ1v) is 14.7. The van der Waals surface area contributed by atoms with Crippen LogP contribution >= 0.6 is 23.4 Å². The summed E-state index contributed by atoms with van der Waals surface area (Å²) in [5.74, 6) is 2.66. The molecule has 0 bridgehead atoms. The van der Waals surface area contributed by atoms with Gasteiger partial charge in [0.15, 0.2) is 16.7 Å². The van der Waals surface area contributed by atoms with E-state index < -0.39 is 0 Å². The highest BCUT2D eigenvalue weighted by Gasteiger charge is 2.15. The first-order chi connectivity index (χ1) is 19.9. The van der Waals surface area contributed by atoms with E-state index in [4.69, 9.17) is 26.1 Å². The van der Waals surface area contributed by atoms with Crippen LogP contribution in [0.4, 0.5) is 5.82 Å². The van der Waals surface area contributed by atoms with Gasteiger partial charge < -0.3 is 24.6 Å². The zero-order valence-electron chi connectivity index (χ0n) is 23.0. The molecule has 0 radical (unpaired) electrons. The summed E-state index contributed by atoms with van der Waals surface area (Å²) in [6, 6.07) is 25.4. The Morgan fingerprint density at radius 1 is 0.902 bits per heavy atom. The summed E-state index contributed by atoms with van der Waals surface area (Å²) in [6.45, 7) is 3.00. The maximum absolute atomic E-state index is 12.9. The molecule has 4 aromatic rings. The molecular formula is C31H32ClN5O3S. The predicted molar refractivity (Wildman–Crippen MR) is 163 cm³/mol. The zero-order chi connectivity index (χ0) is 28.6. The first kappa shape index (κ1) is 28.7. The highest BCUT2D eigenvalue weighted by molar-refractivity contribution is 7.98. The molecule has 1 aliphatic rings. The standard InChI is InChI=1S/C31H32ClN5O3S/c1-36(2)13-14-37(19-22-7-4-3-5-8-22)29-17-28(32)34-31(35-29)41-20-24-9-6-10-25(15-24)30(38)33-18-23-11-12-26-27(16-23)40-21-39-26/h3-12,15-17H,13-14,18-21H2,1-2H3,(H,33,38). The number of carbonyl (C=O) groups is 1. The van der Waals surface area contributed by atoms with Crippen molar-refractivity contribution in [1.29, 1.82) is 0 Å². The molecule has 3 aromatic carbocycles. The van der Waals surface area contributed by atoms with Crippen molar-refractivity contribution in [3.63, 3.8) is 0 Å². The molecule has 0 atom stereocenters. The van der Waals surface area contributed by atoms with Gasteiger partial charge in [-0.1, -0.05) is 71.9 Å². The Kier molecular flexibility index (Phi) is 9.61. The summed E-state index contributed by atoms with van der Waals surface area (Å²) in [5.41, 5.74) is 3.72. The average Bonchev–Trinajstić information content (AvgIpc) is 3.45. The summed E-state index contributed by atoms with van der Waals surface area (Å²) in [6.07, 6.45) is 0. The molecule has 212 valence electrons. The minimum Gasteiger partial charge on any atom is -0.454 e. The third-order valence-corrected chi connectivity index (χ3v) is 7.58. The molecule has 0 saturated carbocycles. The zero-order valence-corrected chi connectivity index (χ0v) is 24.6. The van der Waals surface area contributed by atoms with Gasteiger partial charge in [0.05, 0.1) is 0 Å². The normalized spacial score (nSPS) is 12.0. The molecule has 5 rings (SSSR count). The lowest BCUT2D eigenvalue weighted by atomic mass is 10.1. The van der Waals surface area contributed by atoms with Crippen molar-refractivity contribution in [1.82, 2.24) is 20.2 Å². The lowest BCUT2D eigenvalue weighted by molar-refractivity contribution is 0.0950. The summed E-state index contributed by atoms with van der Waals surface area (Å²) in [5, 5.41) is 3.97. The Bertz CT molecular complexity index is 1490. The molecular weight excluding hydrogens is 558 g/mol. The third-order valence-electron chi connectivity index (χ3n) is 6.47. The molecule has 10 heteroatoms. The highest BCUT2D eigenvalue weighted by atomic mass is 35.5. The second kappa shape index (κ2) is 13.7. The fourth-order valence-electron chi connectivity index (χ4n) is 4.30. The summed E-state index contributed by atoms with van der Waals surface area (Å²) in [7, 11) is 4.11. The molecule has 1 aromatic heterocycles.